The summed E-state index contributed by atoms with van der Waals surface area (Å²) in [6, 6.07) is -3.53. The fourth-order valence-electron chi connectivity index (χ4n) is 4.21. The quantitative estimate of drug-likeness (QED) is 0.0747. The molecule has 42 heavy (non-hydrogen) atoms. The standard InChI is InChI=1S/C29H55N7O6/c1-4-5-6-7-8-9-10-11-12-16-25(38)34-21(3)29(42)36-22(26(31)39)15-13-14-19-33-24(37)18-17-23(27(32)40)35-28(41)20(2)30/h20-23H,4-19,30H2,1-3H3,(H2,31,39)(H2,32,40)(H,33,37)(H,34,38)(H,35,41)(H,36,42)/t20-,21-,22-,23+/m0/s1. The topological polar surface area (TPSA) is 229 Å². The molecule has 4 atom stereocenters. The van der Waals surface area contributed by atoms with E-state index in [0.717, 1.165) is 19.3 Å². The Balaban J connectivity index is 4.23. The number of carbonyl (C=O) groups excluding carboxylic acids is 6. The van der Waals surface area contributed by atoms with Gasteiger partial charge in [-0.15, -0.1) is 0 Å². The van der Waals surface area contributed by atoms with Crippen molar-refractivity contribution in [1.29, 1.82) is 0 Å². The van der Waals surface area contributed by atoms with E-state index in [1.807, 2.05) is 0 Å². The van der Waals surface area contributed by atoms with Gasteiger partial charge in [-0.3, -0.25) is 28.8 Å². The Morgan fingerprint density at radius 1 is 0.595 bits per heavy atom. The van der Waals surface area contributed by atoms with Gasteiger partial charge in [0.25, 0.3) is 0 Å². The minimum Gasteiger partial charge on any atom is -0.368 e. The van der Waals surface area contributed by atoms with E-state index in [-0.39, 0.29) is 31.1 Å². The molecular weight excluding hydrogens is 542 g/mol. The molecule has 0 fully saturated rings. The summed E-state index contributed by atoms with van der Waals surface area (Å²) in [6.45, 7) is 5.52. The summed E-state index contributed by atoms with van der Waals surface area (Å²) < 4.78 is 0. The van der Waals surface area contributed by atoms with E-state index in [1.165, 1.54) is 45.4 Å². The van der Waals surface area contributed by atoms with Crippen LogP contribution in [0.15, 0.2) is 0 Å². The first-order valence-corrected chi connectivity index (χ1v) is 15.4. The van der Waals surface area contributed by atoms with Gasteiger partial charge in [0.05, 0.1) is 6.04 Å². The van der Waals surface area contributed by atoms with E-state index < -0.39 is 47.8 Å². The van der Waals surface area contributed by atoms with Gasteiger partial charge in [-0.25, -0.2) is 0 Å². The minimum absolute atomic E-state index is 0.0311. The maximum absolute atomic E-state index is 12.5. The fraction of sp³-hybridized carbons (Fsp3) is 0.793. The lowest BCUT2D eigenvalue weighted by molar-refractivity contribution is -0.131. The van der Waals surface area contributed by atoms with Gasteiger partial charge in [0.15, 0.2) is 0 Å². The largest absolute Gasteiger partial charge is 0.368 e. The number of rotatable bonds is 25. The second-order valence-corrected chi connectivity index (χ2v) is 11.0. The number of carbonyl (C=O) groups is 6. The van der Waals surface area contributed by atoms with Crippen molar-refractivity contribution in [2.45, 2.75) is 141 Å². The molecule has 0 aromatic heterocycles. The van der Waals surface area contributed by atoms with Crippen molar-refractivity contribution in [2.75, 3.05) is 6.54 Å². The zero-order chi connectivity index (χ0) is 31.9. The molecule has 6 amide bonds. The Bertz CT molecular complexity index is 852. The number of unbranched alkanes of at least 4 members (excludes halogenated alkanes) is 9. The van der Waals surface area contributed by atoms with E-state index in [4.69, 9.17) is 17.2 Å². The molecule has 13 nitrogen and oxygen atoms in total. The number of nitrogens with two attached hydrogens (primary N) is 3. The number of amides is 6. The Hall–Kier alpha value is -3.22. The van der Waals surface area contributed by atoms with E-state index >= 15 is 0 Å². The number of primary amides is 2. The molecule has 0 aromatic carbocycles. The van der Waals surface area contributed by atoms with Crippen molar-refractivity contribution in [2.24, 2.45) is 17.2 Å². The molecule has 0 radical (unpaired) electrons. The van der Waals surface area contributed by atoms with Crippen LogP contribution in [0, 0.1) is 0 Å². The lowest BCUT2D eigenvalue weighted by Gasteiger charge is -2.19. The van der Waals surface area contributed by atoms with Crippen LogP contribution in [0.2, 0.25) is 0 Å². The zero-order valence-corrected chi connectivity index (χ0v) is 25.8. The highest BCUT2D eigenvalue weighted by Gasteiger charge is 2.23. The Morgan fingerprint density at radius 2 is 1.12 bits per heavy atom. The van der Waals surface area contributed by atoms with Crippen molar-refractivity contribution in [3.05, 3.63) is 0 Å². The predicted octanol–water partition coefficient (Wildman–Crippen LogP) is 0.766. The van der Waals surface area contributed by atoms with Crippen molar-refractivity contribution in [3.8, 4) is 0 Å². The number of hydrogen-bond donors (Lipinski definition) is 7. The molecule has 242 valence electrons. The summed E-state index contributed by atoms with van der Waals surface area (Å²) >= 11 is 0. The summed E-state index contributed by atoms with van der Waals surface area (Å²) in [4.78, 5) is 71.9. The lowest BCUT2D eigenvalue weighted by Crippen LogP contribution is -2.51. The first-order chi connectivity index (χ1) is 19.9. The monoisotopic (exact) mass is 597 g/mol. The van der Waals surface area contributed by atoms with Gasteiger partial charge in [-0.1, -0.05) is 58.3 Å². The molecule has 0 heterocycles. The highest BCUT2D eigenvalue weighted by molar-refractivity contribution is 5.91. The van der Waals surface area contributed by atoms with Crippen molar-refractivity contribution in [1.82, 2.24) is 21.3 Å². The third-order valence-corrected chi connectivity index (χ3v) is 6.91. The number of nitrogens with one attached hydrogen (secondary N) is 4. The van der Waals surface area contributed by atoms with Crippen molar-refractivity contribution >= 4 is 35.4 Å². The predicted molar refractivity (Wildman–Crippen MR) is 161 cm³/mol. The van der Waals surface area contributed by atoms with Gasteiger partial charge in [0, 0.05) is 19.4 Å². The third-order valence-electron chi connectivity index (χ3n) is 6.91. The van der Waals surface area contributed by atoms with Crippen LogP contribution in [0.25, 0.3) is 0 Å². The molecule has 0 unspecified atom stereocenters. The highest BCUT2D eigenvalue weighted by atomic mass is 16.2. The van der Waals surface area contributed by atoms with Crippen LogP contribution in [0.5, 0.6) is 0 Å². The van der Waals surface area contributed by atoms with Crippen molar-refractivity contribution in [3.63, 3.8) is 0 Å². The van der Waals surface area contributed by atoms with Crippen LogP contribution in [-0.2, 0) is 28.8 Å². The molecule has 0 bridgehead atoms. The fourth-order valence-corrected chi connectivity index (χ4v) is 4.21. The Morgan fingerprint density at radius 3 is 1.67 bits per heavy atom. The van der Waals surface area contributed by atoms with Gasteiger partial charge < -0.3 is 38.5 Å². The van der Waals surface area contributed by atoms with Gasteiger partial charge >= 0.3 is 0 Å². The molecule has 0 aliphatic carbocycles. The van der Waals surface area contributed by atoms with Crippen LogP contribution in [0.1, 0.15) is 117 Å². The van der Waals surface area contributed by atoms with Gasteiger partial charge in [0.2, 0.25) is 35.4 Å². The van der Waals surface area contributed by atoms with E-state index in [1.54, 1.807) is 6.92 Å². The maximum atomic E-state index is 12.5. The zero-order valence-electron chi connectivity index (χ0n) is 25.8. The van der Waals surface area contributed by atoms with E-state index in [9.17, 15) is 28.8 Å². The summed E-state index contributed by atoms with van der Waals surface area (Å²) in [5, 5.41) is 10.4. The third kappa shape index (κ3) is 19.8. The Labute approximate surface area is 250 Å². The van der Waals surface area contributed by atoms with Crippen LogP contribution >= 0.6 is 0 Å². The molecule has 0 aliphatic rings. The SMILES string of the molecule is CCCCCCCCCCCC(=O)N[C@@H](C)C(=O)N[C@@H](CCCCNC(=O)CC[C@@H](NC(=O)[C@H](C)N)C(N)=O)C(N)=O. The molecule has 0 aromatic rings. The molecule has 0 saturated heterocycles. The maximum Gasteiger partial charge on any atom is 0.242 e. The molecule has 0 spiro atoms. The Kier molecular flexibility index (Phi) is 21.6. The highest BCUT2D eigenvalue weighted by Crippen LogP contribution is 2.10. The molecule has 0 rings (SSSR count). The van der Waals surface area contributed by atoms with E-state index in [0.29, 0.717) is 25.8 Å². The molecular formula is C29H55N7O6. The van der Waals surface area contributed by atoms with Gasteiger partial charge in [0.1, 0.15) is 18.1 Å². The summed E-state index contributed by atoms with van der Waals surface area (Å²) in [6.07, 6.45) is 11.9. The summed E-state index contributed by atoms with van der Waals surface area (Å²) in [5.41, 5.74) is 16.2. The lowest BCUT2D eigenvalue weighted by atomic mass is 10.1. The van der Waals surface area contributed by atoms with Crippen LogP contribution in [-0.4, -0.2) is 66.2 Å². The molecule has 0 aliphatic heterocycles. The van der Waals surface area contributed by atoms with Crippen molar-refractivity contribution < 1.29 is 28.8 Å². The van der Waals surface area contributed by atoms with Gasteiger partial charge in [-0.2, -0.15) is 0 Å². The first kappa shape index (κ1) is 38.8. The number of hydrogen-bond acceptors (Lipinski definition) is 7. The smallest absolute Gasteiger partial charge is 0.242 e. The normalized spacial score (nSPS) is 13.7. The summed E-state index contributed by atoms with van der Waals surface area (Å²) in [7, 11) is 0. The summed E-state index contributed by atoms with van der Waals surface area (Å²) in [5.74, 6) is -3.02. The van der Waals surface area contributed by atoms with Gasteiger partial charge in [-0.05, 0) is 46.0 Å². The minimum atomic E-state index is -1.00. The first-order valence-electron chi connectivity index (χ1n) is 15.4. The average Bonchev–Trinajstić information content (AvgIpc) is 2.92. The van der Waals surface area contributed by atoms with E-state index in [2.05, 4.69) is 28.2 Å². The second-order valence-electron chi connectivity index (χ2n) is 11.0. The molecule has 0 saturated carbocycles. The molecule has 10 N–H and O–H groups in total. The van der Waals surface area contributed by atoms with Crippen LogP contribution in [0.3, 0.4) is 0 Å². The molecule has 13 heteroatoms. The van der Waals surface area contributed by atoms with Crippen LogP contribution in [0.4, 0.5) is 0 Å². The average molecular weight is 598 g/mol. The second kappa shape index (κ2) is 23.4. The van der Waals surface area contributed by atoms with Crippen LogP contribution < -0.4 is 38.5 Å².